The molecule has 164 valence electrons. The summed E-state index contributed by atoms with van der Waals surface area (Å²) in [5.74, 6) is -1.22. The van der Waals surface area contributed by atoms with Crippen LogP contribution in [0, 0.1) is 5.92 Å². The van der Waals surface area contributed by atoms with Gasteiger partial charge in [0.2, 0.25) is 17.7 Å². The molecule has 1 rings (SSSR count). The lowest BCUT2D eigenvalue weighted by Crippen LogP contribution is -2.55. The zero-order valence-corrected chi connectivity index (χ0v) is 18.4. The number of carbonyl (C=O) groups is 4. The molecule has 3 N–H and O–H groups in total. The molecule has 0 saturated carbocycles. The van der Waals surface area contributed by atoms with E-state index in [9.17, 15) is 19.2 Å². The molecule has 0 fully saturated rings. The third-order valence-corrected chi connectivity index (χ3v) is 4.43. The fraction of sp³-hybridized carbons (Fsp3) is 0.478. The second-order valence-corrected chi connectivity index (χ2v) is 7.77. The second kappa shape index (κ2) is 12.6. The molecule has 0 aliphatic rings. The van der Waals surface area contributed by atoms with E-state index in [0.29, 0.717) is 12.8 Å². The van der Waals surface area contributed by atoms with Crippen molar-refractivity contribution in [1.29, 1.82) is 0 Å². The van der Waals surface area contributed by atoms with E-state index in [1.807, 2.05) is 44.2 Å². The van der Waals surface area contributed by atoms with Crippen molar-refractivity contribution in [3.8, 4) is 0 Å². The van der Waals surface area contributed by atoms with Gasteiger partial charge in [-0.1, -0.05) is 50.3 Å². The molecular formula is C23H33N3O4. The summed E-state index contributed by atoms with van der Waals surface area (Å²) >= 11 is 0. The molecule has 0 aliphatic heterocycles. The molecule has 7 heteroatoms. The van der Waals surface area contributed by atoms with Gasteiger partial charge in [0.05, 0.1) is 6.04 Å². The molecule has 0 bridgehead atoms. The van der Waals surface area contributed by atoms with Crippen LogP contribution in [-0.2, 0) is 25.6 Å². The van der Waals surface area contributed by atoms with Crippen molar-refractivity contribution in [2.45, 2.75) is 65.6 Å². The number of ketones is 1. The zero-order chi connectivity index (χ0) is 22.7. The molecule has 3 atom stereocenters. The predicted octanol–water partition coefficient (Wildman–Crippen LogP) is 1.91. The Labute approximate surface area is 178 Å². The molecule has 0 aromatic heterocycles. The summed E-state index contributed by atoms with van der Waals surface area (Å²) in [5.41, 5.74) is 0.887. The lowest BCUT2D eigenvalue weighted by Gasteiger charge is -2.23. The lowest BCUT2D eigenvalue weighted by atomic mass is 9.99. The topological polar surface area (TPSA) is 104 Å². The average Bonchev–Trinajstić information content (AvgIpc) is 2.67. The van der Waals surface area contributed by atoms with Gasteiger partial charge in [-0.2, -0.15) is 0 Å². The van der Waals surface area contributed by atoms with Gasteiger partial charge < -0.3 is 16.0 Å². The Morgan fingerprint density at radius 3 is 2.07 bits per heavy atom. The van der Waals surface area contributed by atoms with Crippen LogP contribution < -0.4 is 16.0 Å². The van der Waals surface area contributed by atoms with Crippen LogP contribution >= 0.6 is 0 Å². The highest BCUT2D eigenvalue weighted by Gasteiger charge is 2.26. The maximum absolute atomic E-state index is 12.7. The number of nitrogens with one attached hydrogen (secondary N) is 3. The van der Waals surface area contributed by atoms with Crippen molar-refractivity contribution in [2.75, 3.05) is 0 Å². The Bertz CT molecular complexity index is 759. The van der Waals surface area contributed by atoms with Crippen LogP contribution in [0.2, 0.25) is 0 Å². The molecule has 1 aromatic carbocycles. The molecule has 1 aromatic rings. The van der Waals surface area contributed by atoms with Gasteiger partial charge in [-0.25, -0.2) is 0 Å². The summed E-state index contributed by atoms with van der Waals surface area (Å²) < 4.78 is 0. The fourth-order valence-electron chi connectivity index (χ4n) is 2.98. The summed E-state index contributed by atoms with van der Waals surface area (Å²) in [6.07, 6.45) is 3.87. The standard InChI is InChI=1S/C23H33N3O4/c1-6-10-21(28)19(13-15(2)3)26-22(29)16(4)24-23(30)20(25-17(5)27)14-18-11-8-7-9-12-18/h6-12,15-16,19-20H,13-14H2,1-5H3,(H,24,30)(H,25,27)(H,26,29)/b10-6+/t16-,19-,20-/m0/s1. The van der Waals surface area contributed by atoms with E-state index in [1.54, 1.807) is 19.9 Å². The van der Waals surface area contributed by atoms with E-state index in [2.05, 4.69) is 16.0 Å². The summed E-state index contributed by atoms with van der Waals surface area (Å²) in [7, 11) is 0. The summed E-state index contributed by atoms with van der Waals surface area (Å²) in [6, 6.07) is 6.97. The minimum Gasteiger partial charge on any atom is -0.344 e. The monoisotopic (exact) mass is 415 g/mol. The van der Waals surface area contributed by atoms with E-state index in [-0.39, 0.29) is 17.6 Å². The molecule has 0 saturated heterocycles. The van der Waals surface area contributed by atoms with Gasteiger partial charge in [-0.05, 0) is 37.8 Å². The first-order valence-electron chi connectivity index (χ1n) is 10.2. The van der Waals surface area contributed by atoms with Gasteiger partial charge in [-0.15, -0.1) is 0 Å². The SMILES string of the molecule is C/C=C/C(=O)[C@H](CC(C)C)NC(=O)[C@H](C)NC(=O)[C@H](Cc1ccccc1)NC(C)=O. The smallest absolute Gasteiger partial charge is 0.243 e. The number of hydrogen-bond donors (Lipinski definition) is 3. The van der Waals surface area contributed by atoms with Crippen LogP contribution in [0.25, 0.3) is 0 Å². The zero-order valence-electron chi connectivity index (χ0n) is 18.4. The first-order valence-corrected chi connectivity index (χ1v) is 10.2. The summed E-state index contributed by atoms with van der Waals surface area (Å²) in [4.78, 5) is 49.1. The second-order valence-electron chi connectivity index (χ2n) is 7.77. The van der Waals surface area contributed by atoms with Crippen LogP contribution in [0.5, 0.6) is 0 Å². The fourth-order valence-corrected chi connectivity index (χ4v) is 2.98. The third-order valence-electron chi connectivity index (χ3n) is 4.43. The van der Waals surface area contributed by atoms with Crippen LogP contribution in [0.3, 0.4) is 0 Å². The first-order chi connectivity index (χ1) is 14.1. The van der Waals surface area contributed by atoms with Gasteiger partial charge in [0.1, 0.15) is 12.1 Å². The van der Waals surface area contributed by atoms with Crippen molar-refractivity contribution >= 4 is 23.5 Å². The van der Waals surface area contributed by atoms with E-state index in [4.69, 9.17) is 0 Å². The van der Waals surface area contributed by atoms with Crippen molar-refractivity contribution in [3.05, 3.63) is 48.0 Å². The molecular weight excluding hydrogens is 382 g/mol. The Morgan fingerprint density at radius 2 is 1.53 bits per heavy atom. The van der Waals surface area contributed by atoms with Crippen LogP contribution in [-0.4, -0.2) is 41.6 Å². The predicted molar refractivity (Wildman–Crippen MR) is 117 cm³/mol. The number of carbonyl (C=O) groups excluding carboxylic acids is 4. The Kier molecular flexibility index (Phi) is 10.5. The minimum atomic E-state index is -0.863. The molecule has 7 nitrogen and oxygen atoms in total. The number of allylic oxidation sites excluding steroid dienone is 1. The molecule has 0 aliphatic carbocycles. The average molecular weight is 416 g/mol. The van der Waals surface area contributed by atoms with Crippen molar-refractivity contribution < 1.29 is 19.2 Å². The molecule has 0 radical (unpaired) electrons. The number of benzene rings is 1. The molecule has 0 heterocycles. The number of amides is 3. The van der Waals surface area contributed by atoms with Gasteiger partial charge in [0, 0.05) is 13.3 Å². The highest BCUT2D eigenvalue weighted by Crippen LogP contribution is 2.08. The van der Waals surface area contributed by atoms with E-state index in [0.717, 1.165) is 5.56 Å². The maximum Gasteiger partial charge on any atom is 0.243 e. The van der Waals surface area contributed by atoms with Gasteiger partial charge in [0.25, 0.3) is 0 Å². The van der Waals surface area contributed by atoms with Gasteiger partial charge in [-0.3, -0.25) is 19.2 Å². The quantitative estimate of drug-likeness (QED) is 0.480. The van der Waals surface area contributed by atoms with Crippen molar-refractivity contribution in [3.63, 3.8) is 0 Å². The van der Waals surface area contributed by atoms with Crippen molar-refractivity contribution in [1.82, 2.24) is 16.0 Å². The largest absolute Gasteiger partial charge is 0.344 e. The van der Waals surface area contributed by atoms with E-state index >= 15 is 0 Å². The highest BCUT2D eigenvalue weighted by molar-refractivity contribution is 5.98. The molecule has 0 spiro atoms. The minimum absolute atomic E-state index is 0.182. The Balaban J connectivity index is 2.80. The van der Waals surface area contributed by atoms with E-state index in [1.165, 1.54) is 13.0 Å². The van der Waals surface area contributed by atoms with E-state index < -0.39 is 29.9 Å². The van der Waals surface area contributed by atoms with Crippen LogP contribution in [0.4, 0.5) is 0 Å². The van der Waals surface area contributed by atoms with Gasteiger partial charge in [0.15, 0.2) is 5.78 Å². The van der Waals surface area contributed by atoms with Crippen molar-refractivity contribution in [2.24, 2.45) is 5.92 Å². The first kappa shape index (κ1) is 25.1. The molecule has 0 unspecified atom stereocenters. The number of rotatable bonds is 11. The molecule has 30 heavy (non-hydrogen) atoms. The molecule has 3 amide bonds. The van der Waals surface area contributed by atoms with Crippen LogP contribution in [0.1, 0.15) is 46.6 Å². The third kappa shape index (κ3) is 9.03. The lowest BCUT2D eigenvalue weighted by molar-refractivity contribution is -0.132. The summed E-state index contributed by atoms with van der Waals surface area (Å²) in [6.45, 7) is 8.56. The van der Waals surface area contributed by atoms with Gasteiger partial charge >= 0.3 is 0 Å². The maximum atomic E-state index is 12.7. The highest BCUT2D eigenvalue weighted by atomic mass is 16.2. The number of hydrogen-bond acceptors (Lipinski definition) is 4. The Morgan fingerprint density at radius 1 is 0.900 bits per heavy atom. The normalized spacial score (nSPS) is 14.1. The van der Waals surface area contributed by atoms with Crippen LogP contribution in [0.15, 0.2) is 42.5 Å². The summed E-state index contributed by atoms with van der Waals surface area (Å²) in [5, 5.41) is 7.99. The Hall–Kier alpha value is -2.96.